The van der Waals surface area contributed by atoms with E-state index in [2.05, 4.69) is 16.3 Å². The van der Waals surface area contributed by atoms with E-state index in [1.54, 1.807) is 24.2 Å². The van der Waals surface area contributed by atoms with Crippen LogP contribution in [-0.4, -0.2) is 57.7 Å². The van der Waals surface area contributed by atoms with Crippen LogP contribution in [0.3, 0.4) is 0 Å². The highest BCUT2D eigenvalue weighted by molar-refractivity contribution is 7.14. The highest BCUT2D eigenvalue weighted by Crippen LogP contribution is 2.28. The number of halogens is 2. The predicted molar refractivity (Wildman–Crippen MR) is 120 cm³/mol. The lowest BCUT2D eigenvalue weighted by molar-refractivity contribution is 0.0728. The molecular formula is C21H17ClFN5O4S. The number of carbonyl (C=O) groups excluding carboxylic acids is 1. The Morgan fingerprint density at radius 2 is 2.15 bits per heavy atom. The molecule has 12 heteroatoms. The first-order valence-electron chi connectivity index (χ1n) is 9.64. The fourth-order valence-electron chi connectivity index (χ4n) is 3.39. The number of aromatic hydroxyl groups is 1. The monoisotopic (exact) mass is 489 g/mol. The molecule has 170 valence electrons. The van der Waals surface area contributed by atoms with Gasteiger partial charge in [-0.25, -0.2) is 4.39 Å². The number of rotatable bonds is 6. The van der Waals surface area contributed by atoms with Gasteiger partial charge in [-0.15, -0.1) is 10.2 Å². The molecule has 0 fully saturated rings. The molecule has 0 saturated heterocycles. The van der Waals surface area contributed by atoms with E-state index in [0.29, 0.717) is 10.6 Å². The summed E-state index contributed by atoms with van der Waals surface area (Å²) in [6.07, 6.45) is 8.74. The molecule has 0 spiro atoms. The first-order chi connectivity index (χ1) is 15.8. The van der Waals surface area contributed by atoms with Gasteiger partial charge < -0.3 is 14.7 Å². The van der Waals surface area contributed by atoms with Gasteiger partial charge in [0, 0.05) is 19.7 Å². The van der Waals surface area contributed by atoms with Crippen LogP contribution in [0, 0.1) is 18.3 Å². The summed E-state index contributed by atoms with van der Waals surface area (Å²) in [5, 5.41) is 21.0. The van der Waals surface area contributed by atoms with Crippen LogP contribution in [0.2, 0.25) is 5.02 Å². The molecule has 1 aliphatic heterocycles. The number of aromatic nitrogens is 3. The van der Waals surface area contributed by atoms with Crippen LogP contribution < -0.4 is 10.4 Å². The number of pyridine rings is 1. The van der Waals surface area contributed by atoms with Crippen LogP contribution in [0.15, 0.2) is 29.2 Å². The third kappa shape index (κ3) is 4.22. The average molecular weight is 490 g/mol. The summed E-state index contributed by atoms with van der Waals surface area (Å²) in [6, 6.07) is 4.66. The molecule has 0 bridgehead atoms. The molecule has 0 unspecified atom stereocenters. The standard InChI is InChI=1S/C21H17ClFN5O4S/c1-3-32-8-7-27-11-26(2)21(31)17-19(30)18(29)13(10-28(17)27)20-25-24-15(33-20)9-12-5-4-6-14(22)16(12)23/h1,4-6,10,30H,7-9,11H2,2H3. The Morgan fingerprint density at radius 1 is 1.36 bits per heavy atom. The second-order valence-corrected chi connectivity index (χ2v) is 8.61. The molecule has 2 aromatic heterocycles. The SMILES string of the molecule is C#COCCN1CN(C)C(=O)c2c(O)c(=O)c(-c3nnc(Cc4cccc(Cl)c4F)s3)cn21. The maximum Gasteiger partial charge on any atom is 0.277 e. The zero-order chi connectivity index (χ0) is 23.7. The van der Waals surface area contributed by atoms with E-state index in [1.807, 2.05) is 0 Å². The lowest BCUT2D eigenvalue weighted by atomic mass is 10.1. The third-order valence-electron chi connectivity index (χ3n) is 5.00. The Hall–Kier alpha value is -3.62. The molecule has 0 radical (unpaired) electrons. The fraction of sp³-hybridized carbons (Fsp3) is 0.238. The van der Waals surface area contributed by atoms with Crippen molar-refractivity contribution in [3.8, 4) is 28.9 Å². The highest BCUT2D eigenvalue weighted by Gasteiger charge is 2.32. The molecule has 1 N–H and O–H groups in total. The van der Waals surface area contributed by atoms with E-state index >= 15 is 0 Å². The largest absolute Gasteiger partial charge is 0.502 e. The number of fused-ring (bicyclic) bond motifs is 1. The van der Waals surface area contributed by atoms with Crippen molar-refractivity contribution in [3.63, 3.8) is 0 Å². The number of hydrogen-bond donors (Lipinski definition) is 1. The second-order valence-electron chi connectivity index (χ2n) is 7.15. The number of benzene rings is 1. The fourth-order valence-corrected chi connectivity index (χ4v) is 4.46. The minimum absolute atomic E-state index is 0.00126. The zero-order valence-corrected chi connectivity index (χ0v) is 18.9. The summed E-state index contributed by atoms with van der Waals surface area (Å²) in [7, 11) is 1.55. The average Bonchev–Trinajstić information content (AvgIpc) is 3.25. The Kier molecular flexibility index (Phi) is 6.22. The molecule has 4 rings (SSSR count). The zero-order valence-electron chi connectivity index (χ0n) is 17.3. The van der Waals surface area contributed by atoms with Crippen molar-refractivity contribution in [1.82, 2.24) is 19.8 Å². The van der Waals surface area contributed by atoms with E-state index in [4.69, 9.17) is 22.8 Å². The minimum Gasteiger partial charge on any atom is -0.502 e. The van der Waals surface area contributed by atoms with Crippen LogP contribution in [-0.2, 0) is 11.2 Å². The molecule has 0 saturated carbocycles. The molecular weight excluding hydrogens is 473 g/mol. The molecule has 9 nitrogen and oxygen atoms in total. The Labute approximate surface area is 196 Å². The number of carbonyl (C=O) groups is 1. The number of nitrogens with zero attached hydrogens (tertiary/aromatic N) is 5. The van der Waals surface area contributed by atoms with Gasteiger partial charge in [-0.2, -0.15) is 0 Å². The number of terminal acetylenes is 1. The summed E-state index contributed by atoms with van der Waals surface area (Å²) in [5.41, 5.74) is -0.555. The molecule has 3 heterocycles. The lowest BCUT2D eigenvalue weighted by Crippen LogP contribution is -2.53. The summed E-state index contributed by atoms with van der Waals surface area (Å²) < 4.78 is 20.6. The van der Waals surface area contributed by atoms with Crippen molar-refractivity contribution < 1.29 is 19.0 Å². The van der Waals surface area contributed by atoms with E-state index in [-0.39, 0.29) is 47.5 Å². The Balaban J connectivity index is 1.72. The Morgan fingerprint density at radius 3 is 2.91 bits per heavy atom. The molecule has 1 aliphatic rings. The van der Waals surface area contributed by atoms with Gasteiger partial charge in [0.05, 0.1) is 17.1 Å². The van der Waals surface area contributed by atoms with Crippen molar-refractivity contribution in [2.75, 3.05) is 31.9 Å². The van der Waals surface area contributed by atoms with Crippen molar-refractivity contribution >= 4 is 28.8 Å². The summed E-state index contributed by atoms with van der Waals surface area (Å²) >= 11 is 6.90. The summed E-state index contributed by atoms with van der Waals surface area (Å²) in [4.78, 5) is 26.9. The lowest BCUT2D eigenvalue weighted by Gasteiger charge is -2.37. The van der Waals surface area contributed by atoms with E-state index in [9.17, 15) is 19.1 Å². The Bertz CT molecular complexity index is 1340. The van der Waals surface area contributed by atoms with E-state index < -0.39 is 22.9 Å². The molecule has 1 amide bonds. The van der Waals surface area contributed by atoms with Crippen LogP contribution in [0.25, 0.3) is 10.6 Å². The normalized spacial score (nSPS) is 13.1. The van der Waals surface area contributed by atoms with E-state index in [1.165, 1.54) is 21.8 Å². The van der Waals surface area contributed by atoms with Gasteiger partial charge in [0.25, 0.3) is 5.91 Å². The van der Waals surface area contributed by atoms with Gasteiger partial charge in [0.2, 0.25) is 5.43 Å². The summed E-state index contributed by atoms with van der Waals surface area (Å²) in [5.74, 6) is -1.76. The highest BCUT2D eigenvalue weighted by atomic mass is 35.5. The first kappa shape index (κ1) is 22.6. The quantitative estimate of drug-likeness (QED) is 0.417. The molecule has 0 aliphatic carbocycles. The van der Waals surface area contributed by atoms with Crippen molar-refractivity contribution in [1.29, 1.82) is 0 Å². The van der Waals surface area contributed by atoms with Crippen LogP contribution in [0.4, 0.5) is 4.39 Å². The number of amides is 1. The maximum atomic E-state index is 14.2. The van der Waals surface area contributed by atoms with Crippen molar-refractivity contribution in [2.45, 2.75) is 6.42 Å². The molecule has 33 heavy (non-hydrogen) atoms. The first-order valence-corrected chi connectivity index (χ1v) is 10.8. The number of hydrogen-bond acceptors (Lipinski definition) is 8. The van der Waals surface area contributed by atoms with Crippen LogP contribution >= 0.6 is 22.9 Å². The smallest absolute Gasteiger partial charge is 0.277 e. The maximum absolute atomic E-state index is 14.2. The molecule has 1 aromatic carbocycles. The summed E-state index contributed by atoms with van der Waals surface area (Å²) in [6.45, 7) is 0.622. The van der Waals surface area contributed by atoms with Crippen molar-refractivity contribution in [2.24, 2.45) is 0 Å². The van der Waals surface area contributed by atoms with Gasteiger partial charge in [-0.1, -0.05) is 41.5 Å². The van der Waals surface area contributed by atoms with Gasteiger partial charge >= 0.3 is 0 Å². The van der Waals surface area contributed by atoms with Crippen molar-refractivity contribution in [3.05, 3.63) is 61.7 Å². The topological polar surface area (TPSA) is 101 Å². The minimum atomic E-state index is -0.763. The van der Waals surface area contributed by atoms with Gasteiger partial charge in [-0.3, -0.25) is 19.3 Å². The van der Waals surface area contributed by atoms with Crippen LogP contribution in [0.5, 0.6) is 5.75 Å². The molecule has 3 aromatic rings. The second kappa shape index (κ2) is 9.09. The van der Waals surface area contributed by atoms with E-state index in [0.717, 1.165) is 11.3 Å². The molecule has 0 atom stereocenters. The third-order valence-corrected chi connectivity index (χ3v) is 6.25. The number of ether oxygens (including phenoxy) is 1. The van der Waals surface area contributed by atoms with Gasteiger partial charge in [-0.05, 0) is 11.6 Å². The van der Waals surface area contributed by atoms with Crippen LogP contribution in [0.1, 0.15) is 21.1 Å². The van der Waals surface area contributed by atoms with Gasteiger partial charge in [0.1, 0.15) is 30.2 Å². The van der Waals surface area contributed by atoms with Gasteiger partial charge in [0.15, 0.2) is 16.5 Å². The predicted octanol–water partition coefficient (Wildman–Crippen LogP) is 2.04.